The molecule has 0 amide bonds. The van der Waals surface area contributed by atoms with Crippen LogP contribution in [0.25, 0.3) is 22.7 Å². The van der Waals surface area contributed by atoms with Gasteiger partial charge in [-0.25, -0.2) is 14.6 Å². The Morgan fingerprint density at radius 2 is 1.91 bits per heavy atom. The first-order chi connectivity index (χ1) is 16.4. The van der Waals surface area contributed by atoms with Gasteiger partial charge in [-0.15, -0.1) is 5.10 Å². The summed E-state index contributed by atoms with van der Waals surface area (Å²) in [7, 11) is 0. The van der Waals surface area contributed by atoms with Gasteiger partial charge in [0.1, 0.15) is 18.2 Å². The van der Waals surface area contributed by atoms with E-state index >= 15 is 0 Å². The van der Waals surface area contributed by atoms with Crippen LogP contribution in [0.2, 0.25) is 0 Å². The summed E-state index contributed by atoms with van der Waals surface area (Å²) in [4.78, 5) is 9.32. The molecule has 0 saturated heterocycles. The van der Waals surface area contributed by atoms with E-state index < -0.39 is 6.10 Å². The van der Waals surface area contributed by atoms with Gasteiger partial charge < -0.3 is 10.4 Å². The van der Waals surface area contributed by atoms with E-state index in [1.165, 1.54) is 0 Å². The van der Waals surface area contributed by atoms with E-state index in [2.05, 4.69) is 25.6 Å². The average Bonchev–Trinajstić information content (AvgIpc) is 3.43. The third kappa shape index (κ3) is 3.85. The first-order valence-corrected chi connectivity index (χ1v) is 10.6. The van der Waals surface area contributed by atoms with Crippen molar-refractivity contribution < 1.29 is 5.11 Å². The monoisotopic (exact) mass is 451 g/mol. The number of aromatic nitrogens is 7. The van der Waals surface area contributed by atoms with E-state index in [0.29, 0.717) is 23.0 Å². The second-order valence-corrected chi connectivity index (χ2v) is 7.96. The molecule has 0 aliphatic rings. The van der Waals surface area contributed by atoms with E-state index in [-0.39, 0.29) is 5.69 Å². The topological polar surface area (TPSA) is 130 Å². The number of imidazole rings is 1. The number of pyridine rings is 1. The van der Waals surface area contributed by atoms with E-state index in [4.69, 9.17) is 4.98 Å². The van der Waals surface area contributed by atoms with Gasteiger partial charge in [0.25, 0.3) is 0 Å². The first kappa shape index (κ1) is 21.2. The number of fused-ring (bicyclic) bond motifs is 1. The van der Waals surface area contributed by atoms with Gasteiger partial charge in [-0.05, 0) is 69.3 Å². The number of aryl methyl sites for hydroxylation is 2. The van der Waals surface area contributed by atoms with Gasteiger partial charge in [-0.3, -0.25) is 4.57 Å². The van der Waals surface area contributed by atoms with Crippen molar-refractivity contribution in [2.75, 3.05) is 5.32 Å². The van der Waals surface area contributed by atoms with E-state index in [1.54, 1.807) is 24.0 Å². The van der Waals surface area contributed by atoms with Gasteiger partial charge in [0, 0.05) is 16.9 Å². The molecule has 10 heteroatoms. The maximum atomic E-state index is 10.3. The molecule has 0 fully saturated rings. The molecule has 1 atom stereocenters. The highest BCUT2D eigenvalue weighted by Crippen LogP contribution is 2.26. The molecule has 168 valence electrons. The highest BCUT2D eigenvalue weighted by atomic mass is 16.3. The number of hydrogen-bond acceptors (Lipinski definition) is 8. The molecule has 0 spiro atoms. The number of aliphatic hydroxyl groups is 1. The minimum atomic E-state index is -0.760. The lowest BCUT2D eigenvalue weighted by Crippen LogP contribution is -2.10. The Kier molecular flexibility index (Phi) is 5.24. The molecule has 4 heterocycles. The van der Waals surface area contributed by atoms with Crippen LogP contribution in [0.5, 0.6) is 0 Å². The Morgan fingerprint density at radius 1 is 1.06 bits per heavy atom. The number of benzene rings is 1. The molecule has 10 nitrogen and oxygen atoms in total. The van der Waals surface area contributed by atoms with E-state index in [9.17, 15) is 10.4 Å². The fourth-order valence-corrected chi connectivity index (χ4v) is 3.71. The normalized spacial score (nSPS) is 12.0. The third-order valence-corrected chi connectivity index (χ3v) is 5.41. The Labute approximate surface area is 195 Å². The lowest BCUT2D eigenvalue weighted by atomic mass is 10.1. The minimum Gasteiger partial charge on any atom is -0.389 e. The van der Waals surface area contributed by atoms with Crippen molar-refractivity contribution in [1.82, 2.24) is 34.5 Å². The molecule has 4 aromatic heterocycles. The Bertz CT molecular complexity index is 1540. The van der Waals surface area contributed by atoms with Crippen molar-refractivity contribution in [2.45, 2.75) is 26.9 Å². The van der Waals surface area contributed by atoms with Gasteiger partial charge in [-0.2, -0.15) is 15.5 Å². The third-order valence-electron chi connectivity index (χ3n) is 5.41. The zero-order valence-electron chi connectivity index (χ0n) is 18.8. The summed E-state index contributed by atoms with van der Waals surface area (Å²) in [6.45, 7) is 5.40. The van der Waals surface area contributed by atoms with Gasteiger partial charge in [0.2, 0.25) is 0 Å². The SMILES string of the molecule is Cc1ccc(Nc2ccc3c(c2)ncn3-c2ccc([C@@H](C)O)c(-n3nc(C#N)cc3C)n2)nn1. The van der Waals surface area contributed by atoms with Crippen molar-refractivity contribution in [1.29, 1.82) is 5.26 Å². The predicted octanol–water partition coefficient (Wildman–Crippen LogP) is 3.68. The molecule has 34 heavy (non-hydrogen) atoms. The predicted molar refractivity (Wildman–Crippen MR) is 126 cm³/mol. The number of rotatable bonds is 5. The summed E-state index contributed by atoms with van der Waals surface area (Å²) in [6.07, 6.45) is 0.939. The number of nitrogens with one attached hydrogen (secondary N) is 1. The molecular formula is C24H21N9O. The van der Waals surface area contributed by atoms with Crippen LogP contribution in [0, 0.1) is 25.2 Å². The molecule has 2 N–H and O–H groups in total. The second-order valence-electron chi connectivity index (χ2n) is 7.96. The summed E-state index contributed by atoms with van der Waals surface area (Å²) in [5.74, 6) is 1.72. The molecule has 0 saturated carbocycles. The number of nitriles is 1. The number of nitrogens with zero attached hydrogens (tertiary/aromatic N) is 8. The maximum absolute atomic E-state index is 10.3. The zero-order chi connectivity index (χ0) is 23.8. The highest BCUT2D eigenvalue weighted by Gasteiger charge is 2.17. The first-order valence-electron chi connectivity index (χ1n) is 10.6. The van der Waals surface area contributed by atoms with Gasteiger partial charge in [-0.1, -0.05) is 0 Å². The van der Waals surface area contributed by atoms with E-state index in [0.717, 1.165) is 28.1 Å². The summed E-state index contributed by atoms with van der Waals surface area (Å²) in [5.41, 5.74) is 4.96. The highest BCUT2D eigenvalue weighted by molar-refractivity contribution is 5.82. The van der Waals surface area contributed by atoms with E-state index in [1.807, 2.05) is 66.9 Å². The molecule has 0 aliphatic heterocycles. The molecule has 0 bridgehead atoms. The number of anilines is 2. The quantitative estimate of drug-likeness (QED) is 0.414. The Morgan fingerprint density at radius 3 is 2.62 bits per heavy atom. The molecule has 5 rings (SSSR count). The summed E-state index contributed by atoms with van der Waals surface area (Å²) in [5, 5.41) is 35.3. The van der Waals surface area contributed by atoms with Crippen LogP contribution < -0.4 is 5.32 Å². The fraction of sp³-hybridized carbons (Fsp3) is 0.167. The smallest absolute Gasteiger partial charge is 0.163 e. The summed E-state index contributed by atoms with van der Waals surface area (Å²) in [6, 6.07) is 16.9. The molecule has 0 radical (unpaired) electrons. The molecule has 1 aromatic carbocycles. The van der Waals surface area contributed by atoms with Crippen molar-refractivity contribution in [3.8, 4) is 17.7 Å². The largest absolute Gasteiger partial charge is 0.389 e. The van der Waals surface area contributed by atoms with Crippen LogP contribution in [0.15, 0.2) is 54.9 Å². The molecular weight excluding hydrogens is 430 g/mol. The Balaban J connectivity index is 1.55. The maximum Gasteiger partial charge on any atom is 0.163 e. The second kappa shape index (κ2) is 8.38. The molecule has 5 aromatic rings. The Hall–Kier alpha value is -4.62. The van der Waals surface area contributed by atoms with Gasteiger partial charge >= 0.3 is 0 Å². The zero-order valence-corrected chi connectivity index (χ0v) is 18.8. The lowest BCUT2D eigenvalue weighted by Gasteiger charge is -2.14. The van der Waals surface area contributed by atoms with Gasteiger partial charge in [0.05, 0.1) is 22.8 Å². The van der Waals surface area contributed by atoms with Crippen LogP contribution in [-0.4, -0.2) is 39.6 Å². The standard InChI is InChI=1S/C24H21N9O/c1-14-4-8-22(30-29-14)27-17-5-7-21-20(11-17)26-13-32(21)23-9-6-19(16(3)34)24(28-23)33-15(2)10-18(12-25)31-33/h4-11,13,16,34H,1-3H3,(H,27,30)/t16-/m1/s1. The van der Waals surface area contributed by atoms with Crippen molar-refractivity contribution >= 4 is 22.5 Å². The van der Waals surface area contributed by atoms with Crippen molar-refractivity contribution in [3.63, 3.8) is 0 Å². The lowest BCUT2D eigenvalue weighted by molar-refractivity contribution is 0.198. The average molecular weight is 451 g/mol. The van der Waals surface area contributed by atoms with Crippen LogP contribution >= 0.6 is 0 Å². The summed E-state index contributed by atoms with van der Waals surface area (Å²) >= 11 is 0. The van der Waals surface area contributed by atoms with Crippen LogP contribution in [0.3, 0.4) is 0 Å². The minimum absolute atomic E-state index is 0.285. The van der Waals surface area contributed by atoms with Crippen molar-refractivity contribution in [2.24, 2.45) is 0 Å². The summed E-state index contributed by atoms with van der Waals surface area (Å²) < 4.78 is 3.44. The van der Waals surface area contributed by atoms with Crippen LogP contribution in [0.4, 0.5) is 11.5 Å². The fourth-order valence-electron chi connectivity index (χ4n) is 3.71. The molecule has 0 unspecified atom stereocenters. The van der Waals surface area contributed by atoms with Crippen molar-refractivity contribution in [3.05, 3.63) is 77.5 Å². The molecule has 0 aliphatic carbocycles. The number of hydrogen-bond donors (Lipinski definition) is 2. The van der Waals surface area contributed by atoms with Crippen LogP contribution in [-0.2, 0) is 0 Å². The van der Waals surface area contributed by atoms with Crippen LogP contribution in [0.1, 0.15) is 35.7 Å². The van der Waals surface area contributed by atoms with Gasteiger partial charge in [0.15, 0.2) is 17.3 Å². The number of aliphatic hydroxyl groups excluding tert-OH is 1.